The first-order valence-electron chi connectivity index (χ1n) is 7.19. The molecule has 0 aliphatic carbocycles. The number of unbranched alkanes of at least 4 members (excludes halogenated alkanes) is 2. The lowest BCUT2D eigenvalue weighted by Crippen LogP contribution is -2.29. The zero-order valence-corrected chi connectivity index (χ0v) is 11.7. The minimum absolute atomic E-state index is 0.415. The van der Waals surface area contributed by atoms with Crippen molar-refractivity contribution in [1.29, 1.82) is 0 Å². The highest BCUT2D eigenvalue weighted by atomic mass is 16.3. The highest BCUT2D eigenvalue weighted by Gasteiger charge is 2.16. The lowest BCUT2D eigenvalue weighted by atomic mass is 10.1. The summed E-state index contributed by atoms with van der Waals surface area (Å²) in [4.78, 5) is 4.48. The summed E-state index contributed by atoms with van der Waals surface area (Å²) < 4.78 is 0. The molecule has 19 heavy (non-hydrogen) atoms. The minimum Gasteiger partial charge on any atom is -0.387 e. The Bertz CT molecular complexity index is 391. The van der Waals surface area contributed by atoms with Crippen molar-refractivity contribution >= 4 is 0 Å². The predicted molar refractivity (Wildman–Crippen MR) is 78.3 cm³/mol. The fraction of sp³-hybridized carbons (Fsp3) is 0.500. The maximum absolute atomic E-state index is 10.2. The van der Waals surface area contributed by atoms with E-state index >= 15 is 0 Å². The summed E-state index contributed by atoms with van der Waals surface area (Å²) in [5, 5.41) is 10.2. The number of rotatable bonds is 7. The van der Waals surface area contributed by atoms with Gasteiger partial charge in [-0.05, 0) is 12.0 Å². The molecular weight excluding hydrogens is 236 g/mol. The maximum Gasteiger partial charge on any atom is 0.0965 e. The van der Waals surface area contributed by atoms with Crippen LogP contribution in [0.1, 0.15) is 37.9 Å². The van der Waals surface area contributed by atoms with Gasteiger partial charge in [0, 0.05) is 25.5 Å². The summed E-state index contributed by atoms with van der Waals surface area (Å²) in [6.07, 6.45) is 7.59. The molecule has 2 rings (SSSR count). The minimum atomic E-state index is -0.415. The van der Waals surface area contributed by atoms with E-state index in [0.29, 0.717) is 6.54 Å². The van der Waals surface area contributed by atoms with Gasteiger partial charge in [0.05, 0.1) is 12.8 Å². The van der Waals surface area contributed by atoms with Gasteiger partial charge in [-0.15, -0.1) is 0 Å². The molecule has 3 heteroatoms. The largest absolute Gasteiger partial charge is 0.387 e. The Balaban J connectivity index is 1.75. The van der Waals surface area contributed by atoms with E-state index in [0.717, 1.165) is 18.8 Å². The van der Waals surface area contributed by atoms with E-state index in [2.05, 4.69) is 29.1 Å². The van der Waals surface area contributed by atoms with E-state index in [1.165, 1.54) is 19.3 Å². The van der Waals surface area contributed by atoms with Crippen LogP contribution < -0.4 is 0 Å². The molecule has 1 N–H and O–H groups in total. The molecule has 1 atom stereocenters. The molecule has 104 valence electrons. The molecule has 0 saturated carbocycles. The average molecular weight is 260 g/mol. The molecule has 1 aliphatic rings. The fourth-order valence-corrected chi connectivity index (χ4v) is 2.35. The Hall–Kier alpha value is -1.48. The van der Waals surface area contributed by atoms with Crippen LogP contribution in [0.4, 0.5) is 0 Å². The second-order valence-corrected chi connectivity index (χ2v) is 5.16. The molecule has 1 unspecified atom stereocenters. The highest BCUT2D eigenvalue weighted by molar-refractivity contribution is 5.17. The number of nitrogens with zero attached hydrogens (tertiary/aromatic N) is 2. The first kappa shape index (κ1) is 13.9. The topological polar surface area (TPSA) is 26.7 Å². The molecule has 1 aromatic carbocycles. The van der Waals surface area contributed by atoms with Gasteiger partial charge in [0.2, 0.25) is 0 Å². The Morgan fingerprint density at radius 3 is 2.58 bits per heavy atom. The van der Waals surface area contributed by atoms with Crippen LogP contribution in [0, 0.1) is 0 Å². The monoisotopic (exact) mass is 260 g/mol. The van der Waals surface area contributed by atoms with Gasteiger partial charge in [0.15, 0.2) is 0 Å². The molecule has 3 nitrogen and oxygen atoms in total. The summed E-state index contributed by atoms with van der Waals surface area (Å²) in [7, 11) is 0. The summed E-state index contributed by atoms with van der Waals surface area (Å²) in [6.45, 7) is 4.89. The van der Waals surface area contributed by atoms with Gasteiger partial charge in [0.1, 0.15) is 0 Å². The third kappa shape index (κ3) is 4.28. The molecule has 0 amide bonds. The van der Waals surface area contributed by atoms with Gasteiger partial charge in [-0.25, -0.2) is 0 Å². The molecule has 0 radical (unpaired) electrons. The standard InChI is InChI=1S/C16H24N2O/c1-2-3-7-10-17-11-12-18(14-17)13-16(19)15-8-5-4-6-9-15/h4-6,8-9,11-12,16,19H,2-3,7,10,13-14H2,1H3. The predicted octanol–water partition coefficient (Wildman–Crippen LogP) is 2.96. The van der Waals surface area contributed by atoms with E-state index < -0.39 is 6.10 Å². The van der Waals surface area contributed by atoms with E-state index in [-0.39, 0.29) is 0 Å². The third-order valence-electron chi connectivity index (χ3n) is 3.49. The summed E-state index contributed by atoms with van der Waals surface area (Å²) in [6, 6.07) is 9.86. The van der Waals surface area contributed by atoms with E-state index in [1.807, 2.05) is 30.3 Å². The van der Waals surface area contributed by atoms with Crippen LogP contribution in [0.25, 0.3) is 0 Å². The van der Waals surface area contributed by atoms with Crippen LogP contribution in [-0.2, 0) is 0 Å². The number of aliphatic hydroxyl groups is 1. The Morgan fingerprint density at radius 2 is 1.84 bits per heavy atom. The Labute approximate surface area is 116 Å². The molecule has 1 aliphatic heterocycles. The van der Waals surface area contributed by atoms with E-state index in [4.69, 9.17) is 0 Å². The molecule has 1 heterocycles. The van der Waals surface area contributed by atoms with Gasteiger partial charge < -0.3 is 14.9 Å². The molecular formula is C16H24N2O. The maximum atomic E-state index is 10.2. The second kappa shape index (κ2) is 7.19. The van der Waals surface area contributed by atoms with Crippen molar-refractivity contribution < 1.29 is 5.11 Å². The zero-order valence-electron chi connectivity index (χ0n) is 11.7. The first-order valence-corrected chi connectivity index (χ1v) is 7.19. The average Bonchev–Trinajstić information content (AvgIpc) is 2.88. The Kier molecular flexibility index (Phi) is 5.28. The summed E-state index contributed by atoms with van der Waals surface area (Å²) in [5.74, 6) is 0. The van der Waals surface area contributed by atoms with Crippen molar-refractivity contribution in [3.63, 3.8) is 0 Å². The van der Waals surface area contributed by atoms with Crippen molar-refractivity contribution in [2.75, 3.05) is 19.8 Å². The normalized spacial score (nSPS) is 16.1. The number of hydrogen-bond acceptors (Lipinski definition) is 3. The zero-order chi connectivity index (χ0) is 13.5. The molecule has 1 aromatic rings. The van der Waals surface area contributed by atoms with Crippen LogP contribution in [0.15, 0.2) is 42.7 Å². The van der Waals surface area contributed by atoms with Crippen molar-refractivity contribution in [3.05, 3.63) is 48.3 Å². The number of hydrogen-bond donors (Lipinski definition) is 1. The van der Waals surface area contributed by atoms with Gasteiger partial charge >= 0.3 is 0 Å². The van der Waals surface area contributed by atoms with Crippen molar-refractivity contribution in [1.82, 2.24) is 9.80 Å². The lowest BCUT2D eigenvalue weighted by molar-refractivity contribution is 0.124. The van der Waals surface area contributed by atoms with Crippen molar-refractivity contribution in [3.8, 4) is 0 Å². The van der Waals surface area contributed by atoms with E-state index in [1.54, 1.807) is 0 Å². The Morgan fingerprint density at radius 1 is 1.11 bits per heavy atom. The van der Waals surface area contributed by atoms with Crippen LogP contribution in [0.5, 0.6) is 0 Å². The van der Waals surface area contributed by atoms with Crippen LogP contribution in [-0.4, -0.2) is 34.7 Å². The lowest BCUT2D eigenvalue weighted by Gasteiger charge is -2.23. The quantitative estimate of drug-likeness (QED) is 0.764. The molecule has 0 bridgehead atoms. The van der Waals surface area contributed by atoms with Crippen molar-refractivity contribution in [2.45, 2.75) is 32.3 Å². The van der Waals surface area contributed by atoms with E-state index in [9.17, 15) is 5.11 Å². The van der Waals surface area contributed by atoms with Crippen molar-refractivity contribution in [2.24, 2.45) is 0 Å². The smallest absolute Gasteiger partial charge is 0.0965 e. The second-order valence-electron chi connectivity index (χ2n) is 5.16. The van der Waals surface area contributed by atoms with Gasteiger partial charge in [0.25, 0.3) is 0 Å². The number of β-amino-alcohol motifs (C(OH)–C–C–N with tert-alkyl or cyclic N) is 1. The number of aliphatic hydroxyl groups excluding tert-OH is 1. The fourth-order valence-electron chi connectivity index (χ4n) is 2.35. The first-order chi connectivity index (χ1) is 9.29. The van der Waals surface area contributed by atoms with Crippen LogP contribution in [0.2, 0.25) is 0 Å². The van der Waals surface area contributed by atoms with Crippen LogP contribution >= 0.6 is 0 Å². The SMILES string of the molecule is CCCCCN1C=CN(CC(O)c2ccccc2)C1. The van der Waals surface area contributed by atoms with Gasteiger partial charge in [-0.2, -0.15) is 0 Å². The molecule has 0 spiro atoms. The van der Waals surface area contributed by atoms with Gasteiger partial charge in [-0.1, -0.05) is 50.1 Å². The number of benzene rings is 1. The third-order valence-corrected chi connectivity index (χ3v) is 3.49. The molecule has 0 aromatic heterocycles. The summed E-state index contributed by atoms with van der Waals surface area (Å²) in [5.41, 5.74) is 0.986. The van der Waals surface area contributed by atoms with Crippen LogP contribution in [0.3, 0.4) is 0 Å². The highest BCUT2D eigenvalue weighted by Crippen LogP contribution is 2.16. The molecule has 0 fully saturated rings. The van der Waals surface area contributed by atoms with Gasteiger partial charge in [-0.3, -0.25) is 0 Å². The summed E-state index contributed by atoms with van der Waals surface area (Å²) >= 11 is 0. The molecule has 0 saturated heterocycles.